The van der Waals surface area contributed by atoms with Crippen molar-refractivity contribution in [2.45, 2.75) is 12.8 Å². The first-order valence-corrected chi connectivity index (χ1v) is 4.09. The van der Waals surface area contributed by atoms with Gasteiger partial charge in [0.15, 0.2) is 11.5 Å². The third kappa shape index (κ3) is 3.08. The van der Waals surface area contributed by atoms with Crippen LogP contribution in [0.2, 0.25) is 0 Å². The van der Waals surface area contributed by atoms with E-state index >= 15 is 0 Å². The molecular formula is C8H6F5NO3. The molecule has 0 atom stereocenters. The van der Waals surface area contributed by atoms with Gasteiger partial charge in [-0.2, -0.15) is 0 Å². The molecule has 0 saturated heterocycles. The summed E-state index contributed by atoms with van der Waals surface area (Å²) in [4.78, 5) is 12.8. The molecule has 0 aromatic carbocycles. The van der Waals surface area contributed by atoms with Crippen LogP contribution in [0.1, 0.15) is 12.0 Å². The summed E-state index contributed by atoms with van der Waals surface area (Å²) in [6.45, 7) is 0. The predicted octanol–water partition coefficient (Wildman–Crippen LogP) is 2.22. The Morgan fingerprint density at radius 3 is 2.35 bits per heavy atom. The van der Waals surface area contributed by atoms with Crippen molar-refractivity contribution in [3.63, 3.8) is 0 Å². The number of nitrogens with one attached hydrogen (secondary N) is 1. The SMILES string of the molecule is COc1c(C(F)F)c(OC(F)(F)F)c[nH]c1=O. The molecule has 96 valence electrons. The summed E-state index contributed by atoms with van der Waals surface area (Å²) in [6, 6.07) is 0. The zero-order valence-corrected chi connectivity index (χ0v) is 8.27. The van der Waals surface area contributed by atoms with Crippen molar-refractivity contribution in [3.05, 3.63) is 22.1 Å². The Bertz CT molecular complexity index is 453. The average Bonchev–Trinajstić information content (AvgIpc) is 2.17. The molecule has 1 heterocycles. The first-order valence-electron chi connectivity index (χ1n) is 4.09. The van der Waals surface area contributed by atoms with E-state index in [0.29, 0.717) is 6.20 Å². The number of aromatic nitrogens is 1. The number of H-pyrrole nitrogens is 1. The van der Waals surface area contributed by atoms with Crippen molar-refractivity contribution in [1.82, 2.24) is 4.98 Å². The fourth-order valence-corrected chi connectivity index (χ4v) is 1.13. The monoisotopic (exact) mass is 259 g/mol. The van der Waals surface area contributed by atoms with Crippen molar-refractivity contribution < 1.29 is 31.4 Å². The van der Waals surface area contributed by atoms with Crippen molar-refractivity contribution in [2.24, 2.45) is 0 Å². The molecule has 0 unspecified atom stereocenters. The molecule has 0 amide bonds. The second-order valence-corrected chi connectivity index (χ2v) is 2.78. The highest BCUT2D eigenvalue weighted by Crippen LogP contribution is 2.36. The van der Waals surface area contributed by atoms with Gasteiger partial charge in [0.25, 0.3) is 12.0 Å². The second-order valence-electron chi connectivity index (χ2n) is 2.78. The predicted molar refractivity (Wildman–Crippen MR) is 45.3 cm³/mol. The van der Waals surface area contributed by atoms with E-state index < -0.39 is 35.4 Å². The van der Waals surface area contributed by atoms with Crippen molar-refractivity contribution in [1.29, 1.82) is 0 Å². The minimum absolute atomic E-state index is 0.403. The van der Waals surface area contributed by atoms with Gasteiger partial charge in [-0.05, 0) is 0 Å². The van der Waals surface area contributed by atoms with E-state index in [4.69, 9.17) is 0 Å². The summed E-state index contributed by atoms with van der Waals surface area (Å²) >= 11 is 0. The van der Waals surface area contributed by atoms with Crippen LogP contribution in [-0.4, -0.2) is 18.5 Å². The van der Waals surface area contributed by atoms with Gasteiger partial charge in [0, 0.05) is 6.20 Å². The lowest BCUT2D eigenvalue weighted by Crippen LogP contribution is -2.21. The van der Waals surface area contributed by atoms with Crippen LogP contribution in [0.4, 0.5) is 22.0 Å². The van der Waals surface area contributed by atoms with Crippen LogP contribution in [0.5, 0.6) is 11.5 Å². The Morgan fingerprint density at radius 1 is 1.35 bits per heavy atom. The average molecular weight is 259 g/mol. The van der Waals surface area contributed by atoms with Gasteiger partial charge in [0.1, 0.15) is 5.56 Å². The molecule has 1 N–H and O–H groups in total. The van der Waals surface area contributed by atoms with E-state index in [2.05, 4.69) is 9.47 Å². The summed E-state index contributed by atoms with van der Waals surface area (Å²) in [7, 11) is 0.883. The fraction of sp³-hybridized carbons (Fsp3) is 0.375. The Kier molecular flexibility index (Phi) is 3.59. The number of alkyl halides is 5. The summed E-state index contributed by atoms with van der Waals surface area (Å²) in [5.41, 5.74) is -2.31. The van der Waals surface area contributed by atoms with Crippen LogP contribution in [0, 0.1) is 0 Å². The van der Waals surface area contributed by atoms with E-state index in [1.165, 1.54) is 0 Å². The Hall–Kier alpha value is -1.80. The van der Waals surface area contributed by atoms with E-state index in [0.717, 1.165) is 7.11 Å². The number of methoxy groups -OCH3 is 1. The molecule has 4 nitrogen and oxygen atoms in total. The van der Waals surface area contributed by atoms with Crippen LogP contribution in [0.25, 0.3) is 0 Å². The van der Waals surface area contributed by atoms with Crippen LogP contribution < -0.4 is 15.0 Å². The van der Waals surface area contributed by atoms with Gasteiger partial charge < -0.3 is 14.5 Å². The molecule has 0 aliphatic heterocycles. The first-order chi connectivity index (χ1) is 7.76. The molecule has 1 rings (SSSR count). The van der Waals surface area contributed by atoms with Gasteiger partial charge in [-0.25, -0.2) is 8.78 Å². The maximum absolute atomic E-state index is 12.6. The maximum atomic E-state index is 12.6. The molecule has 0 bridgehead atoms. The van der Waals surface area contributed by atoms with Crippen LogP contribution >= 0.6 is 0 Å². The fourth-order valence-electron chi connectivity index (χ4n) is 1.13. The minimum atomic E-state index is -5.15. The van der Waals surface area contributed by atoms with Crippen LogP contribution in [0.15, 0.2) is 11.0 Å². The smallest absolute Gasteiger partial charge is 0.491 e. The third-order valence-corrected chi connectivity index (χ3v) is 1.70. The molecule has 1 aromatic rings. The van der Waals surface area contributed by atoms with Crippen molar-refractivity contribution >= 4 is 0 Å². The van der Waals surface area contributed by atoms with Crippen molar-refractivity contribution in [3.8, 4) is 11.5 Å². The number of rotatable bonds is 3. The summed E-state index contributed by atoms with van der Waals surface area (Å²) in [6.07, 6.45) is -8.09. The normalized spacial score (nSPS) is 11.7. The van der Waals surface area contributed by atoms with E-state index in [9.17, 15) is 26.7 Å². The molecule has 9 heteroatoms. The number of aromatic amines is 1. The number of halogens is 5. The Labute approximate surface area is 91.0 Å². The quantitative estimate of drug-likeness (QED) is 0.847. The molecule has 0 spiro atoms. The van der Waals surface area contributed by atoms with Gasteiger partial charge in [-0.1, -0.05) is 0 Å². The Morgan fingerprint density at radius 2 is 1.94 bits per heavy atom. The zero-order valence-electron chi connectivity index (χ0n) is 8.27. The molecular weight excluding hydrogens is 253 g/mol. The van der Waals surface area contributed by atoms with Gasteiger partial charge in [-0.15, -0.1) is 13.2 Å². The summed E-state index contributed by atoms with van der Waals surface area (Å²) in [5, 5.41) is 0. The summed E-state index contributed by atoms with van der Waals surface area (Å²) < 4.78 is 68.5. The Balaban J connectivity index is 3.36. The number of hydrogen-bond donors (Lipinski definition) is 1. The van der Waals surface area contributed by atoms with E-state index in [1.54, 1.807) is 4.98 Å². The topological polar surface area (TPSA) is 51.3 Å². The lowest BCUT2D eigenvalue weighted by atomic mass is 10.2. The lowest BCUT2D eigenvalue weighted by molar-refractivity contribution is -0.275. The molecule has 0 aliphatic rings. The second kappa shape index (κ2) is 4.60. The van der Waals surface area contributed by atoms with Gasteiger partial charge in [-0.3, -0.25) is 4.79 Å². The van der Waals surface area contributed by atoms with Crippen LogP contribution in [0.3, 0.4) is 0 Å². The highest BCUT2D eigenvalue weighted by molar-refractivity contribution is 5.42. The molecule has 1 aromatic heterocycles. The highest BCUT2D eigenvalue weighted by atomic mass is 19.4. The number of ether oxygens (including phenoxy) is 2. The maximum Gasteiger partial charge on any atom is 0.573 e. The molecule has 0 saturated carbocycles. The molecule has 0 fully saturated rings. The van der Waals surface area contributed by atoms with E-state index in [-0.39, 0.29) is 0 Å². The lowest BCUT2D eigenvalue weighted by Gasteiger charge is -2.14. The molecule has 17 heavy (non-hydrogen) atoms. The van der Waals surface area contributed by atoms with Gasteiger partial charge in [0.05, 0.1) is 7.11 Å². The minimum Gasteiger partial charge on any atom is -0.491 e. The standard InChI is InChI=1S/C8H6F5NO3/c1-16-5-4(6(9)10)3(2-14-7(5)15)17-8(11,12)13/h2,6H,1H3,(H,14,15). The van der Waals surface area contributed by atoms with Gasteiger partial charge >= 0.3 is 6.36 Å². The highest BCUT2D eigenvalue weighted by Gasteiger charge is 2.35. The van der Waals surface area contributed by atoms with Crippen molar-refractivity contribution in [2.75, 3.05) is 7.11 Å². The molecule has 0 radical (unpaired) electrons. The van der Waals surface area contributed by atoms with E-state index in [1.807, 2.05) is 0 Å². The third-order valence-electron chi connectivity index (χ3n) is 1.70. The van der Waals surface area contributed by atoms with Crippen LogP contribution in [-0.2, 0) is 0 Å². The zero-order chi connectivity index (χ0) is 13.2. The number of pyridine rings is 1. The molecule has 0 aliphatic carbocycles. The largest absolute Gasteiger partial charge is 0.573 e. The van der Waals surface area contributed by atoms with Gasteiger partial charge in [0.2, 0.25) is 0 Å². The summed E-state index contributed by atoms with van der Waals surface area (Å²) in [5.74, 6) is -2.12. The number of hydrogen-bond acceptors (Lipinski definition) is 3. The first kappa shape index (κ1) is 13.3.